The smallest absolute Gasteiger partial charge is 0.270 e. The summed E-state index contributed by atoms with van der Waals surface area (Å²) >= 11 is 0. The summed E-state index contributed by atoms with van der Waals surface area (Å²) in [5.41, 5.74) is 2.67. The van der Waals surface area contributed by atoms with E-state index in [0.29, 0.717) is 5.65 Å². The van der Waals surface area contributed by atoms with Gasteiger partial charge in [-0.25, -0.2) is 13.4 Å². The van der Waals surface area contributed by atoms with Gasteiger partial charge in [0.1, 0.15) is 5.69 Å². The number of nitrogens with zero attached hydrogens (tertiary/aromatic N) is 3. The van der Waals surface area contributed by atoms with E-state index in [1.807, 2.05) is 12.1 Å². The van der Waals surface area contributed by atoms with Crippen LogP contribution in [-0.4, -0.2) is 42.6 Å². The van der Waals surface area contributed by atoms with Crippen molar-refractivity contribution in [3.8, 4) is 0 Å². The minimum atomic E-state index is -3.61. The van der Waals surface area contributed by atoms with Crippen LogP contribution in [0.3, 0.4) is 0 Å². The Balaban J connectivity index is 1.25. The molecule has 0 unspecified atom stereocenters. The molecule has 0 radical (unpaired) electrons. The Bertz CT molecular complexity index is 1390. The third-order valence-electron chi connectivity index (χ3n) is 5.84. The van der Waals surface area contributed by atoms with E-state index >= 15 is 0 Å². The van der Waals surface area contributed by atoms with Gasteiger partial charge in [-0.15, -0.1) is 0 Å². The maximum atomic E-state index is 13.0. The molecule has 1 aliphatic rings. The average Bonchev–Trinajstić information content (AvgIpc) is 3.55. The number of hydrogen-bond donors (Lipinski definition) is 2. The van der Waals surface area contributed by atoms with Crippen LogP contribution >= 0.6 is 0 Å². The van der Waals surface area contributed by atoms with Crippen LogP contribution in [0.1, 0.15) is 28.9 Å². The van der Waals surface area contributed by atoms with E-state index in [-0.39, 0.29) is 27.9 Å². The fourth-order valence-electron chi connectivity index (χ4n) is 3.96. The zero-order valence-electron chi connectivity index (χ0n) is 17.9. The van der Waals surface area contributed by atoms with E-state index in [1.54, 1.807) is 54.7 Å². The van der Waals surface area contributed by atoms with E-state index in [0.717, 1.165) is 29.7 Å². The van der Waals surface area contributed by atoms with Gasteiger partial charge in [0.05, 0.1) is 16.0 Å². The number of carbonyl (C=O) groups excluding carboxylic acids is 1. The molecular weight excluding hydrogens is 438 g/mol. The van der Waals surface area contributed by atoms with Gasteiger partial charge in [0.25, 0.3) is 5.91 Å². The number of H-pyrrole nitrogens is 1. The average molecular weight is 462 g/mol. The van der Waals surface area contributed by atoms with Crippen LogP contribution in [0.15, 0.2) is 76.7 Å². The molecule has 1 fully saturated rings. The summed E-state index contributed by atoms with van der Waals surface area (Å²) in [6.45, 7) is 2.28. The van der Waals surface area contributed by atoms with Gasteiger partial charge in [-0.05, 0) is 66.9 Å². The SMILES string of the molecule is O=C(NCc1ccc(S(=O)(=O)c2ccc(N3CCCC3)cc2)cc1)c1ccc2cn[nH]c2n1. The van der Waals surface area contributed by atoms with Crippen molar-refractivity contribution < 1.29 is 13.2 Å². The molecule has 5 rings (SSSR count). The van der Waals surface area contributed by atoms with Crippen molar-refractivity contribution in [3.05, 3.63) is 78.1 Å². The van der Waals surface area contributed by atoms with E-state index in [2.05, 4.69) is 25.4 Å². The van der Waals surface area contributed by atoms with Crippen molar-refractivity contribution in [1.82, 2.24) is 20.5 Å². The first-order chi connectivity index (χ1) is 16.0. The summed E-state index contributed by atoms with van der Waals surface area (Å²) in [7, 11) is -3.61. The maximum Gasteiger partial charge on any atom is 0.270 e. The summed E-state index contributed by atoms with van der Waals surface area (Å²) in [6, 6.07) is 17.0. The summed E-state index contributed by atoms with van der Waals surface area (Å²) in [5.74, 6) is -0.318. The van der Waals surface area contributed by atoms with Crippen molar-refractivity contribution in [3.63, 3.8) is 0 Å². The molecule has 1 saturated heterocycles. The Labute approximate surface area is 191 Å². The van der Waals surface area contributed by atoms with E-state index in [4.69, 9.17) is 0 Å². The molecule has 3 heterocycles. The molecule has 0 aliphatic carbocycles. The van der Waals surface area contributed by atoms with Gasteiger partial charge in [0.15, 0.2) is 5.65 Å². The second-order valence-corrected chi connectivity index (χ2v) is 9.97. The molecule has 4 aromatic rings. The van der Waals surface area contributed by atoms with Crippen molar-refractivity contribution in [2.45, 2.75) is 29.2 Å². The van der Waals surface area contributed by atoms with Crippen molar-refractivity contribution in [1.29, 1.82) is 0 Å². The maximum absolute atomic E-state index is 13.0. The Kier molecular flexibility index (Phi) is 5.55. The molecule has 0 spiro atoms. The van der Waals surface area contributed by atoms with Gasteiger partial charge in [-0.1, -0.05) is 12.1 Å². The lowest BCUT2D eigenvalue weighted by molar-refractivity contribution is 0.0946. The lowest BCUT2D eigenvalue weighted by Crippen LogP contribution is -2.23. The number of amides is 1. The molecule has 8 nitrogen and oxygen atoms in total. The molecule has 1 amide bonds. The second kappa shape index (κ2) is 8.67. The van der Waals surface area contributed by atoms with Crippen LogP contribution in [0.2, 0.25) is 0 Å². The molecule has 0 bridgehead atoms. The molecule has 2 aromatic heterocycles. The first kappa shape index (κ1) is 21.1. The first-order valence-corrected chi connectivity index (χ1v) is 12.3. The highest BCUT2D eigenvalue weighted by molar-refractivity contribution is 7.91. The number of rotatable bonds is 6. The van der Waals surface area contributed by atoms with Crippen LogP contribution in [0.4, 0.5) is 5.69 Å². The second-order valence-electron chi connectivity index (χ2n) is 8.02. The number of fused-ring (bicyclic) bond motifs is 1. The fourth-order valence-corrected chi connectivity index (χ4v) is 5.22. The molecule has 2 aromatic carbocycles. The minimum Gasteiger partial charge on any atom is -0.372 e. The molecule has 2 N–H and O–H groups in total. The molecule has 0 atom stereocenters. The number of aromatic amines is 1. The lowest BCUT2D eigenvalue weighted by Gasteiger charge is -2.17. The molecule has 9 heteroatoms. The Morgan fingerprint density at radius 3 is 2.30 bits per heavy atom. The van der Waals surface area contributed by atoms with Crippen molar-refractivity contribution >= 4 is 32.5 Å². The molecule has 0 saturated carbocycles. The highest BCUT2D eigenvalue weighted by Gasteiger charge is 2.19. The number of anilines is 1. The normalized spacial score (nSPS) is 14.0. The Morgan fingerprint density at radius 1 is 0.939 bits per heavy atom. The van der Waals surface area contributed by atoms with Gasteiger partial charge >= 0.3 is 0 Å². The quantitative estimate of drug-likeness (QED) is 0.456. The van der Waals surface area contributed by atoms with Gasteiger partial charge in [0, 0.05) is 30.7 Å². The van der Waals surface area contributed by atoms with E-state index < -0.39 is 9.84 Å². The zero-order chi connectivity index (χ0) is 22.8. The van der Waals surface area contributed by atoms with Crippen LogP contribution in [-0.2, 0) is 16.4 Å². The number of hydrogen-bond acceptors (Lipinski definition) is 6. The third kappa shape index (κ3) is 4.31. The van der Waals surface area contributed by atoms with Crippen LogP contribution in [0.25, 0.3) is 11.0 Å². The first-order valence-electron chi connectivity index (χ1n) is 10.8. The molecular formula is C24H23N5O3S. The highest BCUT2D eigenvalue weighted by atomic mass is 32.2. The Morgan fingerprint density at radius 2 is 1.61 bits per heavy atom. The molecule has 168 valence electrons. The topological polar surface area (TPSA) is 108 Å². The standard InChI is InChI=1S/C24H23N5O3S/c30-24(22-12-5-18-16-26-28-23(18)27-22)25-15-17-3-8-20(9-4-17)33(31,32)21-10-6-19(7-11-21)29-13-1-2-14-29/h3-12,16H,1-2,13-15H2,(H,25,30)(H,26,27,28). The van der Waals surface area contributed by atoms with E-state index in [9.17, 15) is 13.2 Å². The van der Waals surface area contributed by atoms with Crippen molar-refractivity contribution in [2.75, 3.05) is 18.0 Å². The zero-order valence-corrected chi connectivity index (χ0v) is 18.7. The highest BCUT2D eigenvalue weighted by Crippen LogP contribution is 2.26. The largest absolute Gasteiger partial charge is 0.372 e. The monoisotopic (exact) mass is 461 g/mol. The summed E-state index contributed by atoms with van der Waals surface area (Å²) < 4.78 is 26.0. The predicted octanol–water partition coefficient (Wildman–Crippen LogP) is 3.32. The van der Waals surface area contributed by atoms with Crippen molar-refractivity contribution in [2.24, 2.45) is 0 Å². The van der Waals surface area contributed by atoms with Crippen LogP contribution < -0.4 is 10.2 Å². The number of aromatic nitrogens is 3. The van der Waals surface area contributed by atoms with Gasteiger partial charge in [0.2, 0.25) is 9.84 Å². The number of benzene rings is 2. The lowest BCUT2D eigenvalue weighted by atomic mass is 10.2. The number of pyridine rings is 1. The third-order valence-corrected chi connectivity index (χ3v) is 7.62. The van der Waals surface area contributed by atoms with E-state index in [1.165, 1.54) is 12.8 Å². The Hall–Kier alpha value is -3.72. The van der Waals surface area contributed by atoms with Gasteiger partial charge in [-0.2, -0.15) is 5.10 Å². The summed E-state index contributed by atoms with van der Waals surface area (Å²) in [5, 5.41) is 10.3. The van der Waals surface area contributed by atoms with Crippen LogP contribution in [0, 0.1) is 0 Å². The minimum absolute atomic E-state index is 0.220. The molecule has 1 aliphatic heterocycles. The summed E-state index contributed by atoms with van der Waals surface area (Å²) in [6.07, 6.45) is 3.98. The fraction of sp³-hybridized carbons (Fsp3) is 0.208. The number of nitrogens with one attached hydrogen (secondary N) is 2. The predicted molar refractivity (Wildman–Crippen MR) is 125 cm³/mol. The van der Waals surface area contributed by atoms with Gasteiger partial charge in [-0.3, -0.25) is 9.89 Å². The molecule has 33 heavy (non-hydrogen) atoms. The number of carbonyl (C=O) groups is 1. The van der Waals surface area contributed by atoms with Gasteiger partial charge < -0.3 is 10.2 Å². The van der Waals surface area contributed by atoms with Crippen LogP contribution in [0.5, 0.6) is 0 Å². The number of sulfone groups is 1. The summed E-state index contributed by atoms with van der Waals surface area (Å²) in [4.78, 5) is 19.4.